The van der Waals surface area contributed by atoms with E-state index in [-0.39, 0.29) is 0 Å². The molecule has 1 N–H and O–H groups in total. The highest BCUT2D eigenvalue weighted by Crippen LogP contribution is 2.24. The van der Waals surface area contributed by atoms with Gasteiger partial charge in [-0.3, -0.25) is 0 Å². The average Bonchev–Trinajstić information content (AvgIpc) is 3.32. The zero-order chi connectivity index (χ0) is 18.6. The number of aryl methyl sites for hydroxylation is 1. The molecule has 0 aliphatic rings. The molecule has 3 aromatic heterocycles. The van der Waals surface area contributed by atoms with Crippen LogP contribution < -0.4 is 5.32 Å². The fourth-order valence-corrected chi connectivity index (χ4v) is 2.61. The molecular formula is C18H15ClN6O2. The first kappa shape index (κ1) is 17.2. The number of rotatable bonds is 6. The highest BCUT2D eigenvalue weighted by molar-refractivity contribution is 6.30. The van der Waals surface area contributed by atoms with Crippen molar-refractivity contribution in [3.05, 3.63) is 59.3 Å². The van der Waals surface area contributed by atoms with Gasteiger partial charge in [0.05, 0.1) is 5.56 Å². The van der Waals surface area contributed by atoms with Crippen LogP contribution in [0.15, 0.2) is 51.6 Å². The van der Waals surface area contributed by atoms with Crippen LogP contribution in [0, 0.1) is 6.92 Å². The van der Waals surface area contributed by atoms with Crippen molar-refractivity contribution in [3.8, 4) is 22.8 Å². The van der Waals surface area contributed by atoms with Gasteiger partial charge in [0.15, 0.2) is 5.82 Å². The van der Waals surface area contributed by atoms with E-state index in [9.17, 15) is 0 Å². The highest BCUT2D eigenvalue weighted by atomic mass is 35.5. The number of hydrogen-bond donors (Lipinski definition) is 1. The number of nitrogens with one attached hydrogen (secondary N) is 1. The van der Waals surface area contributed by atoms with Gasteiger partial charge in [-0.15, -0.1) is 0 Å². The molecule has 0 fully saturated rings. The number of benzene rings is 1. The minimum absolute atomic E-state index is 0.422. The molecule has 4 aromatic rings. The van der Waals surface area contributed by atoms with E-state index in [1.165, 1.54) is 0 Å². The minimum Gasteiger partial charge on any atom is -0.369 e. The van der Waals surface area contributed by atoms with Gasteiger partial charge in [-0.25, -0.2) is 4.98 Å². The third-order valence-electron chi connectivity index (χ3n) is 3.77. The fourth-order valence-electron chi connectivity index (χ4n) is 2.49. The molecule has 0 bridgehead atoms. The molecular weight excluding hydrogens is 368 g/mol. The second-order valence-corrected chi connectivity index (χ2v) is 6.18. The maximum absolute atomic E-state index is 5.90. The standard InChI is InChI=1S/C18H15ClN6O2/c1-11-22-18(27-24-11)14-3-2-9-20-17(14)21-10-8-15-23-16(25-26-15)12-4-6-13(19)7-5-12/h2-7,9H,8,10H2,1H3,(H,20,21). The van der Waals surface area contributed by atoms with Crippen LogP contribution in [0.3, 0.4) is 0 Å². The quantitative estimate of drug-likeness (QED) is 0.537. The Hall–Kier alpha value is -3.26. The monoisotopic (exact) mass is 382 g/mol. The summed E-state index contributed by atoms with van der Waals surface area (Å²) in [5, 5.41) is 11.7. The lowest BCUT2D eigenvalue weighted by molar-refractivity contribution is 0.381. The van der Waals surface area contributed by atoms with Crippen molar-refractivity contribution in [1.82, 2.24) is 25.3 Å². The molecule has 0 spiro atoms. The summed E-state index contributed by atoms with van der Waals surface area (Å²) in [5.41, 5.74) is 1.59. The number of pyridine rings is 1. The number of anilines is 1. The Balaban J connectivity index is 1.42. The summed E-state index contributed by atoms with van der Waals surface area (Å²) in [6, 6.07) is 11.0. The summed E-state index contributed by atoms with van der Waals surface area (Å²) < 4.78 is 10.5. The van der Waals surface area contributed by atoms with Gasteiger partial charge >= 0.3 is 0 Å². The van der Waals surface area contributed by atoms with Crippen LogP contribution in [-0.2, 0) is 6.42 Å². The molecule has 0 aliphatic heterocycles. The van der Waals surface area contributed by atoms with Gasteiger partial charge in [0.1, 0.15) is 5.82 Å². The molecule has 27 heavy (non-hydrogen) atoms. The van der Waals surface area contributed by atoms with Crippen molar-refractivity contribution in [2.24, 2.45) is 0 Å². The first-order valence-electron chi connectivity index (χ1n) is 8.27. The zero-order valence-electron chi connectivity index (χ0n) is 14.4. The van der Waals surface area contributed by atoms with E-state index in [4.69, 9.17) is 20.6 Å². The number of aromatic nitrogens is 5. The number of hydrogen-bond acceptors (Lipinski definition) is 8. The molecule has 136 valence electrons. The van der Waals surface area contributed by atoms with E-state index in [0.29, 0.717) is 47.2 Å². The largest absolute Gasteiger partial charge is 0.369 e. The predicted octanol–water partition coefficient (Wildman–Crippen LogP) is 3.80. The van der Waals surface area contributed by atoms with Crippen LogP contribution in [0.1, 0.15) is 11.7 Å². The van der Waals surface area contributed by atoms with Crippen molar-refractivity contribution < 1.29 is 9.05 Å². The summed E-state index contributed by atoms with van der Waals surface area (Å²) in [7, 11) is 0. The Bertz CT molecular complexity index is 1040. The van der Waals surface area contributed by atoms with E-state index in [1.54, 1.807) is 25.3 Å². The van der Waals surface area contributed by atoms with Gasteiger partial charge in [0, 0.05) is 29.7 Å². The lowest BCUT2D eigenvalue weighted by Crippen LogP contribution is -2.07. The molecule has 8 nitrogen and oxygen atoms in total. The average molecular weight is 383 g/mol. The van der Waals surface area contributed by atoms with E-state index in [1.807, 2.05) is 24.3 Å². The number of halogens is 1. The molecule has 9 heteroatoms. The predicted molar refractivity (Wildman–Crippen MR) is 99.2 cm³/mol. The molecule has 1 aromatic carbocycles. The van der Waals surface area contributed by atoms with Gasteiger partial charge in [-0.05, 0) is 43.3 Å². The van der Waals surface area contributed by atoms with Crippen LogP contribution in [0.2, 0.25) is 5.02 Å². The third kappa shape index (κ3) is 3.95. The van der Waals surface area contributed by atoms with Crippen LogP contribution >= 0.6 is 11.6 Å². The SMILES string of the molecule is Cc1noc(-c2cccnc2NCCc2nc(-c3ccc(Cl)cc3)no2)n1. The van der Waals surface area contributed by atoms with Crippen LogP contribution in [0.25, 0.3) is 22.8 Å². The van der Waals surface area contributed by atoms with Gasteiger partial charge in [-0.1, -0.05) is 21.9 Å². The molecule has 0 radical (unpaired) electrons. The van der Waals surface area contributed by atoms with Crippen molar-refractivity contribution in [3.63, 3.8) is 0 Å². The highest BCUT2D eigenvalue weighted by Gasteiger charge is 2.13. The topological polar surface area (TPSA) is 103 Å². The van der Waals surface area contributed by atoms with Crippen LogP contribution in [0.4, 0.5) is 5.82 Å². The lowest BCUT2D eigenvalue weighted by Gasteiger charge is -2.06. The summed E-state index contributed by atoms with van der Waals surface area (Å²) in [4.78, 5) is 13.0. The Kier molecular flexibility index (Phi) is 4.80. The molecule has 0 atom stereocenters. The first-order valence-corrected chi connectivity index (χ1v) is 8.65. The second kappa shape index (κ2) is 7.55. The molecule has 4 rings (SSSR count). The Morgan fingerprint density at radius 3 is 2.67 bits per heavy atom. The van der Waals surface area contributed by atoms with Crippen LogP contribution in [-0.4, -0.2) is 31.8 Å². The molecule has 0 amide bonds. The fraction of sp³-hybridized carbons (Fsp3) is 0.167. The van der Waals surface area contributed by atoms with E-state index in [0.717, 1.165) is 11.1 Å². The Labute approximate surface area is 159 Å². The maximum Gasteiger partial charge on any atom is 0.261 e. The first-order chi connectivity index (χ1) is 13.2. The second-order valence-electron chi connectivity index (χ2n) is 5.74. The van der Waals surface area contributed by atoms with Crippen LogP contribution in [0.5, 0.6) is 0 Å². The van der Waals surface area contributed by atoms with Crippen molar-refractivity contribution in [1.29, 1.82) is 0 Å². The summed E-state index contributed by atoms with van der Waals surface area (Å²) in [6.07, 6.45) is 2.24. The molecule has 0 saturated carbocycles. The van der Waals surface area contributed by atoms with Gasteiger partial charge in [0.25, 0.3) is 5.89 Å². The van der Waals surface area contributed by atoms with Gasteiger partial charge in [0.2, 0.25) is 11.7 Å². The summed E-state index contributed by atoms with van der Waals surface area (Å²) in [5.74, 6) is 2.70. The Morgan fingerprint density at radius 2 is 1.89 bits per heavy atom. The molecule has 0 saturated heterocycles. The van der Waals surface area contributed by atoms with E-state index < -0.39 is 0 Å². The Morgan fingerprint density at radius 1 is 1.04 bits per heavy atom. The normalized spacial score (nSPS) is 10.9. The summed E-state index contributed by atoms with van der Waals surface area (Å²) >= 11 is 5.90. The molecule has 3 heterocycles. The smallest absolute Gasteiger partial charge is 0.261 e. The van der Waals surface area contributed by atoms with Crippen molar-refractivity contribution in [2.75, 3.05) is 11.9 Å². The maximum atomic E-state index is 5.90. The minimum atomic E-state index is 0.422. The zero-order valence-corrected chi connectivity index (χ0v) is 15.1. The molecule has 0 aliphatic carbocycles. The summed E-state index contributed by atoms with van der Waals surface area (Å²) in [6.45, 7) is 2.32. The van der Waals surface area contributed by atoms with Crippen molar-refractivity contribution >= 4 is 17.4 Å². The van der Waals surface area contributed by atoms with Crippen molar-refractivity contribution in [2.45, 2.75) is 13.3 Å². The van der Waals surface area contributed by atoms with Gasteiger partial charge < -0.3 is 14.4 Å². The lowest BCUT2D eigenvalue weighted by atomic mass is 10.2. The third-order valence-corrected chi connectivity index (χ3v) is 4.02. The molecule has 0 unspecified atom stereocenters. The van der Waals surface area contributed by atoms with E-state index >= 15 is 0 Å². The van der Waals surface area contributed by atoms with E-state index in [2.05, 4.69) is 30.6 Å². The van der Waals surface area contributed by atoms with Gasteiger partial charge in [-0.2, -0.15) is 9.97 Å². The number of nitrogens with zero attached hydrogens (tertiary/aromatic N) is 5.